The molecule has 0 atom stereocenters. The highest BCUT2D eigenvalue weighted by Crippen LogP contribution is 2.35. The molecule has 0 aliphatic carbocycles. The topological polar surface area (TPSA) is 47.6 Å². The molecule has 0 saturated carbocycles. The second-order valence-corrected chi connectivity index (χ2v) is 5.13. The van der Waals surface area contributed by atoms with E-state index in [9.17, 15) is 26.7 Å². The molecule has 0 aliphatic heterocycles. The second kappa shape index (κ2) is 8.13. The van der Waals surface area contributed by atoms with Crippen LogP contribution in [0.1, 0.15) is 15.9 Å². The third-order valence-electron chi connectivity index (χ3n) is 3.28. The van der Waals surface area contributed by atoms with Crippen LogP contribution in [0, 0.1) is 11.6 Å². The highest BCUT2D eigenvalue weighted by molar-refractivity contribution is 6.05. The van der Waals surface area contributed by atoms with E-state index in [1.165, 1.54) is 7.11 Å². The van der Waals surface area contributed by atoms with E-state index >= 15 is 0 Å². The molecule has 2 aromatic rings. The molecule has 0 fully saturated rings. The van der Waals surface area contributed by atoms with Gasteiger partial charge in [-0.3, -0.25) is 4.79 Å². The average Bonchev–Trinajstić information content (AvgIpc) is 2.57. The number of anilines is 1. The van der Waals surface area contributed by atoms with Crippen molar-refractivity contribution in [1.29, 1.82) is 0 Å². The predicted molar refractivity (Wildman–Crippen MR) is 83.1 cm³/mol. The first-order chi connectivity index (χ1) is 12.2. The minimum absolute atomic E-state index is 0.0222. The van der Waals surface area contributed by atoms with Crippen LogP contribution in [0.3, 0.4) is 0 Å². The van der Waals surface area contributed by atoms with Crippen molar-refractivity contribution in [2.24, 2.45) is 0 Å². The molecule has 0 aliphatic rings. The summed E-state index contributed by atoms with van der Waals surface area (Å²) in [5, 5.41) is 2.22. The summed E-state index contributed by atoms with van der Waals surface area (Å²) in [6.07, 6.45) is -4.63. The number of methoxy groups -OCH3 is 1. The van der Waals surface area contributed by atoms with E-state index < -0.39 is 29.3 Å². The Kier molecular flexibility index (Phi) is 6.14. The van der Waals surface area contributed by atoms with Gasteiger partial charge in [0.1, 0.15) is 12.4 Å². The highest BCUT2D eigenvalue weighted by Gasteiger charge is 2.31. The van der Waals surface area contributed by atoms with Crippen molar-refractivity contribution < 1.29 is 36.2 Å². The smallest absolute Gasteiger partial charge is 0.416 e. The second-order valence-electron chi connectivity index (χ2n) is 5.13. The Bertz CT molecular complexity index is 792. The first-order valence-corrected chi connectivity index (χ1v) is 7.31. The molecule has 4 nitrogen and oxygen atoms in total. The van der Waals surface area contributed by atoms with Crippen LogP contribution in [0.4, 0.5) is 27.6 Å². The Morgan fingerprint density at radius 1 is 1.04 bits per heavy atom. The van der Waals surface area contributed by atoms with Crippen LogP contribution in [0.5, 0.6) is 5.75 Å². The highest BCUT2D eigenvalue weighted by atomic mass is 19.4. The number of hydrogen-bond acceptors (Lipinski definition) is 3. The summed E-state index contributed by atoms with van der Waals surface area (Å²) in [5.41, 5.74) is -1.52. The van der Waals surface area contributed by atoms with Crippen LogP contribution in [-0.4, -0.2) is 26.2 Å². The number of carbonyl (C=O) groups is 1. The molecule has 1 N–H and O–H groups in total. The van der Waals surface area contributed by atoms with Gasteiger partial charge in [-0.25, -0.2) is 8.78 Å². The molecule has 0 unspecified atom stereocenters. The fraction of sp³-hybridized carbons (Fsp3) is 0.235. The van der Waals surface area contributed by atoms with Gasteiger partial charge in [0, 0.05) is 12.7 Å². The third kappa shape index (κ3) is 4.92. The Morgan fingerprint density at radius 2 is 1.77 bits per heavy atom. The van der Waals surface area contributed by atoms with Gasteiger partial charge in [0.2, 0.25) is 0 Å². The third-order valence-corrected chi connectivity index (χ3v) is 3.28. The molecule has 26 heavy (non-hydrogen) atoms. The van der Waals surface area contributed by atoms with Gasteiger partial charge in [-0.2, -0.15) is 13.2 Å². The Morgan fingerprint density at radius 3 is 2.38 bits per heavy atom. The normalized spacial score (nSPS) is 11.3. The Balaban J connectivity index is 2.31. The van der Waals surface area contributed by atoms with Gasteiger partial charge in [-0.15, -0.1) is 0 Å². The zero-order valence-corrected chi connectivity index (χ0v) is 13.5. The first kappa shape index (κ1) is 19.6. The van der Waals surface area contributed by atoms with Gasteiger partial charge < -0.3 is 14.8 Å². The summed E-state index contributed by atoms with van der Waals surface area (Å²) in [6.45, 7) is 0.216. The van der Waals surface area contributed by atoms with Crippen molar-refractivity contribution in [2.45, 2.75) is 6.18 Å². The minimum Gasteiger partial charge on any atom is -0.489 e. The summed E-state index contributed by atoms with van der Waals surface area (Å²) in [4.78, 5) is 12.2. The minimum atomic E-state index is -4.63. The maximum atomic E-state index is 13.2. The number of halogens is 5. The monoisotopic (exact) mass is 375 g/mol. The number of amides is 1. The molecule has 0 spiro atoms. The van der Waals surface area contributed by atoms with E-state index in [0.29, 0.717) is 12.1 Å². The van der Waals surface area contributed by atoms with Crippen LogP contribution >= 0.6 is 0 Å². The molecule has 2 aromatic carbocycles. The van der Waals surface area contributed by atoms with Crippen LogP contribution < -0.4 is 10.1 Å². The maximum Gasteiger partial charge on any atom is 0.416 e. The predicted octanol–water partition coefficient (Wildman–Crippen LogP) is 4.26. The lowest BCUT2D eigenvalue weighted by Crippen LogP contribution is -2.15. The van der Waals surface area contributed by atoms with Crippen molar-refractivity contribution in [1.82, 2.24) is 0 Å². The lowest BCUT2D eigenvalue weighted by molar-refractivity contribution is -0.137. The number of carbonyl (C=O) groups excluding carboxylic acids is 1. The largest absolute Gasteiger partial charge is 0.489 e. The van der Waals surface area contributed by atoms with Crippen LogP contribution in [-0.2, 0) is 10.9 Å². The van der Waals surface area contributed by atoms with E-state index in [0.717, 1.165) is 24.3 Å². The molecule has 0 heterocycles. The number of alkyl halides is 3. The quantitative estimate of drug-likeness (QED) is 0.606. The SMILES string of the molecule is COCCOc1ccc(C(F)(F)F)cc1NC(=O)c1ccc(F)c(F)c1. The Hall–Kier alpha value is -2.68. The van der Waals surface area contributed by atoms with Gasteiger partial charge in [0.25, 0.3) is 5.91 Å². The molecule has 0 saturated heterocycles. The van der Waals surface area contributed by atoms with E-state index in [1.54, 1.807) is 0 Å². The molecular weight excluding hydrogens is 361 g/mol. The summed E-state index contributed by atoms with van der Waals surface area (Å²) in [7, 11) is 1.42. The first-order valence-electron chi connectivity index (χ1n) is 7.31. The molecule has 1 amide bonds. The molecule has 9 heteroatoms. The number of benzene rings is 2. The number of rotatable bonds is 6. The fourth-order valence-electron chi connectivity index (χ4n) is 2.00. The summed E-state index contributed by atoms with van der Waals surface area (Å²) in [6, 6.07) is 4.94. The van der Waals surface area contributed by atoms with Gasteiger partial charge in [-0.05, 0) is 36.4 Å². The lowest BCUT2D eigenvalue weighted by atomic mass is 10.1. The van der Waals surface area contributed by atoms with Crippen molar-refractivity contribution in [3.8, 4) is 5.75 Å². The zero-order chi connectivity index (χ0) is 19.3. The molecule has 0 aromatic heterocycles. The summed E-state index contributed by atoms with van der Waals surface area (Å²) in [5.74, 6) is -3.34. The number of nitrogens with one attached hydrogen (secondary N) is 1. The van der Waals surface area contributed by atoms with E-state index in [-0.39, 0.29) is 30.2 Å². The number of ether oxygens (including phenoxy) is 2. The zero-order valence-electron chi connectivity index (χ0n) is 13.5. The van der Waals surface area contributed by atoms with Gasteiger partial charge in [0.05, 0.1) is 17.9 Å². The average molecular weight is 375 g/mol. The molecular formula is C17H14F5NO3. The van der Waals surface area contributed by atoms with Crippen LogP contribution in [0.2, 0.25) is 0 Å². The summed E-state index contributed by atoms with van der Waals surface area (Å²) >= 11 is 0. The maximum absolute atomic E-state index is 13.2. The van der Waals surface area contributed by atoms with E-state index in [4.69, 9.17) is 9.47 Å². The molecule has 0 bridgehead atoms. The van der Waals surface area contributed by atoms with Crippen molar-refractivity contribution in [3.63, 3.8) is 0 Å². The van der Waals surface area contributed by atoms with Gasteiger partial charge >= 0.3 is 6.18 Å². The van der Waals surface area contributed by atoms with E-state index in [1.807, 2.05) is 0 Å². The fourth-order valence-corrected chi connectivity index (χ4v) is 2.00. The standard InChI is InChI=1S/C17H14F5NO3/c1-25-6-7-26-15-5-3-11(17(20,21)22)9-14(15)23-16(24)10-2-4-12(18)13(19)8-10/h2-5,8-9H,6-7H2,1H3,(H,23,24). The van der Waals surface area contributed by atoms with Crippen molar-refractivity contribution in [3.05, 3.63) is 59.2 Å². The molecule has 140 valence electrons. The van der Waals surface area contributed by atoms with Crippen molar-refractivity contribution in [2.75, 3.05) is 25.6 Å². The lowest BCUT2D eigenvalue weighted by Gasteiger charge is -2.15. The van der Waals surface area contributed by atoms with Crippen molar-refractivity contribution >= 4 is 11.6 Å². The van der Waals surface area contributed by atoms with Crippen LogP contribution in [0.15, 0.2) is 36.4 Å². The van der Waals surface area contributed by atoms with Crippen LogP contribution in [0.25, 0.3) is 0 Å². The summed E-state index contributed by atoms with van der Waals surface area (Å²) < 4.78 is 75.0. The van der Waals surface area contributed by atoms with Gasteiger partial charge in [0.15, 0.2) is 11.6 Å². The molecule has 0 radical (unpaired) electrons. The molecule has 2 rings (SSSR count). The Labute approximate surface area is 145 Å². The van der Waals surface area contributed by atoms with E-state index in [2.05, 4.69) is 5.32 Å². The van der Waals surface area contributed by atoms with Gasteiger partial charge in [-0.1, -0.05) is 0 Å². The number of hydrogen-bond donors (Lipinski definition) is 1.